The van der Waals surface area contributed by atoms with Crippen molar-refractivity contribution in [1.82, 2.24) is 4.98 Å². The summed E-state index contributed by atoms with van der Waals surface area (Å²) in [5, 5.41) is 9.52. The molecular weight excluding hydrogens is 164 g/mol. The lowest BCUT2D eigenvalue weighted by atomic mass is 9.98. The van der Waals surface area contributed by atoms with E-state index >= 15 is 0 Å². The summed E-state index contributed by atoms with van der Waals surface area (Å²) in [5.74, 6) is 0. The number of fused-ring (bicyclic) bond motifs is 1. The average Bonchev–Trinajstić information content (AvgIpc) is 2.59. The van der Waals surface area contributed by atoms with Gasteiger partial charge in [0.2, 0.25) is 0 Å². The smallest absolute Gasteiger partial charge is 0.106 e. The van der Waals surface area contributed by atoms with E-state index in [1.807, 2.05) is 0 Å². The van der Waals surface area contributed by atoms with E-state index in [1.165, 1.54) is 24.1 Å². The molecule has 0 aromatic carbocycles. The predicted molar refractivity (Wildman–Crippen MR) is 51.4 cm³/mol. The number of rotatable bonds is 2. The molecule has 3 nitrogen and oxygen atoms in total. The molecule has 1 unspecified atom stereocenters. The molecule has 0 spiro atoms. The Morgan fingerprint density at radius 3 is 2.92 bits per heavy atom. The Kier molecular flexibility index (Phi) is 2.38. The van der Waals surface area contributed by atoms with E-state index in [4.69, 9.17) is 5.73 Å². The Morgan fingerprint density at radius 1 is 1.46 bits per heavy atom. The Balaban J connectivity index is 2.25. The van der Waals surface area contributed by atoms with Crippen molar-refractivity contribution in [3.05, 3.63) is 23.0 Å². The first-order valence-corrected chi connectivity index (χ1v) is 4.90. The van der Waals surface area contributed by atoms with Crippen LogP contribution in [0, 0.1) is 0 Å². The molecule has 0 saturated heterocycles. The summed E-state index contributed by atoms with van der Waals surface area (Å²) in [6.45, 7) is 0.291. The maximum atomic E-state index is 9.52. The van der Waals surface area contributed by atoms with Crippen molar-refractivity contribution >= 4 is 0 Å². The lowest BCUT2D eigenvalue weighted by Crippen LogP contribution is -2.11. The zero-order valence-electron chi connectivity index (χ0n) is 7.71. The lowest BCUT2D eigenvalue weighted by Gasteiger charge is -2.09. The highest BCUT2D eigenvalue weighted by Gasteiger charge is 2.15. The number of aliphatic hydroxyl groups is 1. The minimum atomic E-state index is -0.523. The van der Waals surface area contributed by atoms with Gasteiger partial charge >= 0.3 is 0 Å². The highest BCUT2D eigenvalue weighted by molar-refractivity contribution is 5.29. The van der Waals surface area contributed by atoms with Crippen molar-refractivity contribution in [2.45, 2.75) is 31.8 Å². The molecule has 1 atom stereocenters. The van der Waals surface area contributed by atoms with Gasteiger partial charge in [-0.3, -0.25) is 0 Å². The standard InChI is InChI=1S/C10H16N2O/c11-6-10(13)9-5-7-3-1-2-4-8(7)12-9/h5,10,12-13H,1-4,6,11H2. The second-order valence-electron chi connectivity index (χ2n) is 3.69. The Labute approximate surface area is 78.0 Å². The van der Waals surface area contributed by atoms with Crippen LogP contribution in [0.2, 0.25) is 0 Å². The number of H-pyrrole nitrogens is 1. The molecule has 1 aromatic heterocycles. The van der Waals surface area contributed by atoms with Gasteiger partial charge in [0.25, 0.3) is 0 Å². The van der Waals surface area contributed by atoms with Gasteiger partial charge in [-0.05, 0) is 37.3 Å². The average molecular weight is 180 g/mol. The minimum Gasteiger partial charge on any atom is -0.386 e. The van der Waals surface area contributed by atoms with Crippen molar-refractivity contribution < 1.29 is 5.11 Å². The van der Waals surface area contributed by atoms with E-state index in [1.54, 1.807) is 0 Å². The van der Waals surface area contributed by atoms with Crippen molar-refractivity contribution in [2.24, 2.45) is 5.73 Å². The summed E-state index contributed by atoms with van der Waals surface area (Å²) < 4.78 is 0. The van der Waals surface area contributed by atoms with Gasteiger partial charge in [-0.1, -0.05) is 0 Å². The molecule has 0 fully saturated rings. The largest absolute Gasteiger partial charge is 0.386 e. The second-order valence-corrected chi connectivity index (χ2v) is 3.69. The van der Waals surface area contributed by atoms with E-state index in [-0.39, 0.29) is 0 Å². The molecule has 72 valence electrons. The zero-order chi connectivity index (χ0) is 9.26. The van der Waals surface area contributed by atoms with Gasteiger partial charge < -0.3 is 15.8 Å². The molecule has 13 heavy (non-hydrogen) atoms. The third-order valence-electron chi connectivity index (χ3n) is 2.72. The predicted octanol–water partition coefficient (Wildman–Crippen LogP) is 0.886. The number of aromatic amines is 1. The van der Waals surface area contributed by atoms with Crippen LogP contribution in [0.15, 0.2) is 6.07 Å². The highest BCUT2D eigenvalue weighted by atomic mass is 16.3. The number of nitrogens with two attached hydrogens (primary N) is 1. The molecule has 3 heteroatoms. The summed E-state index contributed by atoms with van der Waals surface area (Å²) in [6, 6.07) is 2.06. The van der Waals surface area contributed by atoms with Gasteiger partial charge in [0.05, 0.1) is 0 Å². The molecular formula is C10H16N2O. The molecule has 0 aliphatic heterocycles. The third kappa shape index (κ3) is 1.62. The van der Waals surface area contributed by atoms with Crippen LogP contribution in [0.25, 0.3) is 0 Å². The first-order valence-electron chi connectivity index (χ1n) is 4.90. The molecule has 0 radical (unpaired) electrons. The van der Waals surface area contributed by atoms with Crippen LogP contribution in [0.3, 0.4) is 0 Å². The van der Waals surface area contributed by atoms with Crippen molar-refractivity contribution in [2.75, 3.05) is 6.54 Å². The van der Waals surface area contributed by atoms with Gasteiger partial charge in [-0.2, -0.15) is 0 Å². The van der Waals surface area contributed by atoms with Crippen LogP contribution in [-0.4, -0.2) is 16.6 Å². The van der Waals surface area contributed by atoms with Crippen LogP contribution >= 0.6 is 0 Å². The number of aryl methyl sites for hydroxylation is 2. The van der Waals surface area contributed by atoms with Crippen LogP contribution in [0.4, 0.5) is 0 Å². The third-order valence-corrected chi connectivity index (χ3v) is 2.72. The van der Waals surface area contributed by atoms with E-state index in [9.17, 15) is 5.11 Å². The number of hydrogen-bond acceptors (Lipinski definition) is 2. The van der Waals surface area contributed by atoms with E-state index < -0.39 is 6.10 Å². The van der Waals surface area contributed by atoms with Crippen molar-refractivity contribution in [1.29, 1.82) is 0 Å². The first-order chi connectivity index (χ1) is 6.31. The van der Waals surface area contributed by atoms with Crippen molar-refractivity contribution in [3.63, 3.8) is 0 Å². The summed E-state index contributed by atoms with van der Waals surface area (Å²) in [6.07, 6.45) is 4.26. The number of nitrogens with one attached hydrogen (secondary N) is 1. The monoisotopic (exact) mass is 180 g/mol. The van der Waals surface area contributed by atoms with Crippen molar-refractivity contribution in [3.8, 4) is 0 Å². The lowest BCUT2D eigenvalue weighted by molar-refractivity contribution is 0.182. The van der Waals surface area contributed by atoms with Crippen LogP contribution < -0.4 is 5.73 Å². The summed E-state index contributed by atoms with van der Waals surface area (Å²) in [7, 11) is 0. The first kappa shape index (κ1) is 8.78. The Morgan fingerprint density at radius 2 is 2.23 bits per heavy atom. The fourth-order valence-corrected chi connectivity index (χ4v) is 1.94. The normalized spacial score (nSPS) is 18.3. The van der Waals surface area contributed by atoms with Gasteiger partial charge in [0.1, 0.15) is 6.10 Å². The quantitative estimate of drug-likeness (QED) is 0.633. The molecule has 0 saturated carbocycles. The topological polar surface area (TPSA) is 62.0 Å². The van der Waals surface area contributed by atoms with E-state index in [0.29, 0.717) is 6.54 Å². The molecule has 0 amide bonds. The zero-order valence-corrected chi connectivity index (χ0v) is 7.71. The maximum Gasteiger partial charge on any atom is 0.106 e. The summed E-state index contributed by atoms with van der Waals surface area (Å²) in [4.78, 5) is 3.25. The molecule has 0 bridgehead atoms. The molecule has 1 aliphatic rings. The number of hydrogen-bond donors (Lipinski definition) is 3. The molecule has 1 aromatic rings. The number of aromatic nitrogens is 1. The molecule has 2 rings (SSSR count). The number of aliphatic hydroxyl groups excluding tert-OH is 1. The maximum absolute atomic E-state index is 9.52. The minimum absolute atomic E-state index is 0.291. The SMILES string of the molecule is NCC(O)c1cc2c([nH]1)CCCC2. The van der Waals surface area contributed by atoms with Crippen LogP contribution in [0.5, 0.6) is 0 Å². The summed E-state index contributed by atoms with van der Waals surface area (Å²) in [5.41, 5.74) is 8.94. The van der Waals surface area contributed by atoms with Crippen LogP contribution in [0.1, 0.15) is 35.9 Å². The summed E-state index contributed by atoms with van der Waals surface area (Å²) >= 11 is 0. The Hall–Kier alpha value is -0.800. The second kappa shape index (κ2) is 3.52. The van der Waals surface area contributed by atoms with E-state index in [0.717, 1.165) is 18.5 Å². The van der Waals surface area contributed by atoms with Gasteiger partial charge in [-0.25, -0.2) is 0 Å². The fourth-order valence-electron chi connectivity index (χ4n) is 1.94. The molecule has 1 heterocycles. The van der Waals surface area contributed by atoms with Crippen LogP contribution in [-0.2, 0) is 12.8 Å². The van der Waals surface area contributed by atoms with Gasteiger partial charge in [-0.15, -0.1) is 0 Å². The fraction of sp³-hybridized carbons (Fsp3) is 0.600. The highest BCUT2D eigenvalue weighted by Crippen LogP contribution is 2.23. The van der Waals surface area contributed by atoms with Gasteiger partial charge in [0, 0.05) is 17.9 Å². The van der Waals surface area contributed by atoms with E-state index in [2.05, 4.69) is 11.1 Å². The molecule has 1 aliphatic carbocycles. The van der Waals surface area contributed by atoms with Gasteiger partial charge in [0.15, 0.2) is 0 Å². The molecule has 4 N–H and O–H groups in total. The Bertz CT molecular complexity index is 270.